The Hall–Kier alpha value is -1.23. The first-order valence-electron chi connectivity index (χ1n) is 5.22. The van der Waals surface area contributed by atoms with E-state index in [1.54, 1.807) is 25.4 Å². The molecule has 1 aromatic rings. The zero-order chi connectivity index (χ0) is 11.4. The SMILES string of the molecule is CNC(=O)c1cccnc1OC1CCSC1. The normalized spacial score (nSPS) is 19.4. The number of carbonyl (C=O) groups is 1. The first-order chi connectivity index (χ1) is 7.81. The highest BCUT2D eigenvalue weighted by atomic mass is 32.2. The number of nitrogens with zero attached hydrogens (tertiary/aromatic N) is 1. The van der Waals surface area contributed by atoms with Crippen LogP contribution in [0.25, 0.3) is 0 Å². The molecule has 1 saturated heterocycles. The number of amides is 1. The van der Waals surface area contributed by atoms with Crippen molar-refractivity contribution in [1.82, 2.24) is 10.3 Å². The molecule has 2 heterocycles. The van der Waals surface area contributed by atoms with Crippen LogP contribution in [0.3, 0.4) is 0 Å². The molecular weight excluding hydrogens is 224 g/mol. The van der Waals surface area contributed by atoms with Crippen molar-refractivity contribution in [1.29, 1.82) is 0 Å². The lowest BCUT2D eigenvalue weighted by atomic mass is 10.2. The van der Waals surface area contributed by atoms with E-state index in [2.05, 4.69) is 10.3 Å². The van der Waals surface area contributed by atoms with Crippen molar-refractivity contribution >= 4 is 17.7 Å². The molecule has 4 nitrogen and oxygen atoms in total. The zero-order valence-electron chi connectivity index (χ0n) is 9.10. The molecule has 16 heavy (non-hydrogen) atoms. The summed E-state index contributed by atoms with van der Waals surface area (Å²) in [5, 5.41) is 2.58. The molecule has 1 atom stereocenters. The van der Waals surface area contributed by atoms with Crippen LogP contribution >= 0.6 is 11.8 Å². The number of ether oxygens (including phenoxy) is 1. The fourth-order valence-corrected chi connectivity index (χ4v) is 2.65. The molecule has 0 saturated carbocycles. The van der Waals surface area contributed by atoms with Gasteiger partial charge < -0.3 is 10.1 Å². The van der Waals surface area contributed by atoms with Gasteiger partial charge in [0.1, 0.15) is 11.7 Å². The summed E-state index contributed by atoms with van der Waals surface area (Å²) in [6, 6.07) is 3.46. The number of pyridine rings is 1. The van der Waals surface area contributed by atoms with Crippen LogP contribution in [0.1, 0.15) is 16.8 Å². The maximum atomic E-state index is 11.6. The van der Waals surface area contributed by atoms with E-state index in [0.717, 1.165) is 17.9 Å². The van der Waals surface area contributed by atoms with Crippen LogP contribution in [0.5, 0.6) is 5.88 Å². The second-order valence-corrected chi connectivity index (χ2v) is 4.69. The maximum absolute atomic E-state index is 11.6. The fraction of sp³-hybridized carbons (Fsp3) is 0.455. The third-order valence-corrected chi connectivity index (χ3v) is 3.54. The van der Waals surface area contributed by atoms with Crippen molar-refractivity contribution < 1.29 is 9.53 Å². The van der Waals surface area contributed by atoms with Crippen molar-refractivity contribution in [3.05, 3.63) is 23.9 Å². The van der Waals surface area contributed by atoms with E-state index in [4.69, 9.17) is 4.74 Å². The molecule has 2 rings (SSSR count). The highest BCUT2D eigenvalue weighted by Gasteiger charge is 2.20. The summed E-state index contributed by atoms with van der Waals surface area (Å²) in [6.07, 6.45) is 2.85. The van der Waals surface area contributed by atoms with Gasteiger partial charge in [-0.25, -0.2) is 4.98 Å². The number of thioether (sulfide) groups is 1. The van der Waals surface area contributed by atoms with Gasteiger partial charge in [-0.3, -0.25) is 4.79 Å². The number of aromatic nitrogens is 1. The van der Waals surface area contributed by atoms with Crippen LogP contribution in [0, 0.1) is 0 Å². The van der Waals surface area contributed by atoms with Gasteiger partial charge in [-0.05, 0) is 24.3 Å². The Balaban J connectivity index is 2.15. The Morgan fingerprint density at radius 2 is 2.56 bits per heavy atom. The van der Waals surface area contributed by atoms with E-state index in [0.29, 0.717) is 11.4 Å². The Morgan fingerprint density at radius 1 is 1.69 bits per heavy atom. The zero-order valence-corrected chi connectivity index (χ0v) is 9.92. The molecule has 1 amide bonds. The Kier molecular flexibility index (Phi) is 3.66. The van der Waals surface area contributed by atoms with Gasteiger partial charge in [0.05, 0.1) is 0 Å². The van der Waals surface area contributed by atoms with Crippen LogP contribution in [0.4, 0.5) is 0 Å². The minimum Gasteiger partial charge on any atom is -0.473 e. The quantitative estimate of drug-likeness (QED) is 0.863. The number of rotatable bonds is 3. The maximum Gasteiger partial charge on any atom is 0.256 e. The minimum absolute atomic E-state index is 0.159. The predicted molar refractivity (Wildman–Crippen MR) is 64.0 cm³/mol. The monoisotopic (exact) mass is 238 g/mol. The van der Waals surface area contributed by atoms with E-state index in [1.807, 2.05) is 11.8 Å². The fourth-order valence-electron chi connectivity index (χ4n) is 1.56. The molecule has 1 aliphatic rings. The van der Waals surface area contributed by atoms with Gasteiger partial charge in [-0.15, -0.1) is 0 Å². The largest absolute Gasteiger partial charge is 0.473 e. The first-order valence-corrected chi connectivity index (χ1v) is 6.38. The van der Waals surface area contributed by atoms with Crippen molar-refractivity contribution in [2.45, 2.75) is 12.5 Å². The second-order valence-electron chi connectivity index (χ2n) is 3.54. The predicted octanol–water partition coefficient (Wildman–Crippen LogP) is 1.33. The Morgan fingerprint density at radius 3 is 3.25 bits per heavy atom. The number of carbonyl (C=O) groups excluding carboxylic acids is 1. The van der Waals surface area contributed by atoms with Crippen LogP contribution in [-0.2, 0) is 0 Å². The molecule has 0 aromatic carbocycles. The van der Waals surface area contributed by atoms with Crippen molar-refractivity contribution in [2.75, 3.05) is 18.6 Å². The third-order valence-electron chi connectivity index (χ3n) is 2.41. The molecule has 86 valence electrons. The van der Waals surface area contributed by atoms with E-state index < -0.39 is 0 Å². The topological polar surface area (TPSA) is 51.2 Å². The molecule has 0 aliphatic carbocycles. The molecular formula is C11H14N2O2S. The van der Waals surface area contributed by atoms with Gasteiger partial charge in [-0.1, -0.05) is 0 Å². The van der Waals surface area contributed by atoms with Crippen molar-refractivity contribution in [2.24, 2.45) is 0 Å². The van der Waals surface area contributed by atoms with E-state index >= 15 is 0 Å². The van der Waals surface area contributed by atoms with Gasteiger partial charge in [0, 0.05) is 19.0 Å². The molecule has 1 fully saturated rings. The summed E-state index contributed by atoms with van der Waals surface area (Å²) < 4.78 is 5.74. The van der Waals surface area contributed by atoms with Crippen LogP contribution in [0.2, 0.25) is 0 Å². The summed E-state index contributed by atoms with van der Waals surface area (Å²) in [7, 11) is 1.60. The average Bonchev–Trinajstić information content (AvgIpc) is 2.82. The lowest BCUT2D eigenvalue weighted by molar-refractivity contribution is 0.0955. The highest BCUT2D eigenvalue weighted by Crippen LogP contribution is 2.23. The van der Waals surface area contributed by atoms with Gasteiger partial charge >= 0.3 is 0 Å². The van der Waals surface area contributed by atoms with Crippen LogP contribution in [0.15, 0.2) is 18.3 Å². The standard InChI is InChI=1S/C11H14N2O2S/c1-12-10(14)9-3-2-5-13-11(9)15-8-4-6-16-7-8/h2-3,5,8H,4,6-7H2,1H3,(H,12,14). The highest BCUT2D eigenvalue weighted by molar-refractivity contribution is 7.99. The van der Waals surface area contributed by atoms with Gasteiger partial charge in [-0.2, -0.15) is 11.8 Å². The molecule has 0 spiro atoms. The van der Waals surface area contributed by atoms with Gasteiger partial charge in [0.2, 0.25) is 5.88 Å². The minimum atomic E-state index is -0.159. The smallest absolute Gasteiger partial charge is 0.256 e. The third kappa shape index (κ3) is 2.47. The number of hydrogen-bond donors (Lipinski definition) is 1. The molecule has 1 N–H and O–H groups in total. The summed E-state index contributed by atoms with van der Waals surface area (Å²) >= 11 is 1.87. The molecule has 1 unspecified atom stereocenters. The van der Waals surface area contributed by atoms with Crippen molar-refractivity contribution in [3.8, 4) is 5.88 Å². The average molecular weight is 238 g/mol. The van der Waals surface area contributed by atoms with E-state index in [1.165, 1.54) is 0 Å². The molecule has 5 heteroatoms. The van der Waals surface area contributed by atoms with E-state index in [9.17, 15) is 4.79 Å². The lowest BCUT2D eigenvalue weighted by Gasteiger charge is -2.13. The molecule has 0 radical (unpaired) electrons. The number of nitrogens with one attached hydrogen (secondary N) is 1. The summed E-state index contributed by atoms with van der Waals surface area (Å²) in [5.41, 5.74) is 0.502. The summed E-state index contributed by atoms with van der Waals surface area (Å²) in [5.74, 6) is 2.37. The first kappa shape index (κ1) is 11.3. The summed E-state index contributed by atoms with van der Waals surface area (Å²) in [6.45, 7) is 0. The number of hydrogen-bond acceptors (Lipinski definition) is 4. The second kappa shape index (κ2) is 5.21. The molecule has 1 aromatic heterocycles. The summed E-state index contributed by atoms with van der Waals surface area (Å²) in [4.78, 5) is 15.7. The van der Waals surface area contributed by atoms with Crippen LogP contribution < -0.4 is 10.1 Å². The molecule has 1 aliphatic heterocycles. The van der Waals surface area contributed by atoms with E-state index in [-0.39, 0.29) is 12.0 Å². The molecule has 0 bridgehead atoms. The van der Waals surface area contributed by atoms with Gasteiger partial charge in [0.15, 0.2) is 0 Å². The van der Waals surface area contributed by atoms with Crippen molar-refractivity contribution in [3.63, 3.8) is 0 Å². The van der Waals surface area contributed by atoms with Gasteiger partial charge in [0.25, 0.3) is 5.91 Å². The Bertz CT molecular complexity index is 378. The Labute approximate surface area is 98.8 Å². The lowest BCUT2D eigenvalue weighted by Crippen LogP contribution is -2.22. The van der Waals surface area contributed by atoms with Crippen LogP contribution in [-0.4, -0.2) is 35.5 Å².